The summed E-state index contributed by atoms with van der Waals surface area (Å²) in [7, 11) is 4.80. The van der Waals surface area contributed by atoms with Crippen molar-refractivity contribution in [1.82, 2.24) is 30.5 Å². The quantitative estimate of drug-likeness (QED) is 0.544. The molecule has 2 aliphatic heterocycles. The second-order valence-corrected chi connectivity index (χ2v) is 8.91. The summed E-state index contributed by atoms with van der Waals surface area (Å²) in [6.07, 6.45) is 5.84. The summed E-state index contributed by atoms with van der Waals surface area (Å²) in [5.74, 6) is 1.25. The van der Waals surface area contributed by atoms with Gasteiger partial charge in [0.25, 0.3) is 11.8 Å². The number of ether oxygens (including phenoxy) is 2. The highest BCUT2D eigenvalue weighted by Gasteiger charge is 2.42. The number of phenolic OH excluding ortho intramolecular Hbond substituents is 1. The molecule has 5 rings (SSSR count). The normalized spacial score (nSPS) is 23.5. The van der Waals surface area contributed by atoms with Crippen LogP contribution >= 0.6 is 0 Å². The fourth-order valence-electron chi connectivity index (χ4n) is 4.93. The summed E-state index contributed by atoms with van der Waals surface area (Å²) in [5.41, 5.74) is 1.56. The number of rotatable bonds is 6. The maximum Gasteiger partial charge on any atom is 0.278 e. The van der Waals surface area contributed by atoms with E-state index in [1.165, 1.54) is 20.4 Å². The molecule has 2 fully saturated rings. The molecule has 2 aromatic heterocycles. The van der Waals surface area contributed by atoms with Crippen LogP contribution in [0.2, 0.25) is 0 Å². The zero-order valence-electron chi connectivity index (χ0n) is 19.8. The molecule has 0 unspecified atom stereocenters. The molecule has 2 saturated heterocycles. The molecule has 4 atom stereocenters. The van der Waals surface area contributed by atoms with Crippen molar-refractivity contribution in [3.63, 3.8) is 0 Å². The second kappa shape index (κ2) is 9.57. The minimum atomic E-state index is -0.978. The molecule has 1 aromatic carbocycles. The number of hydrogen-bond acceptors (Lipinski definition) is 10. The Bertz CT molecular complexity index is 1200. The van der Waals surface area contributed by atoms with E-state index in [9.17, 15) is 5.11 Å². The highest BCUT2D eigenvalue weighted by Crippen LogP contribution is 2.34. The molecule has 10 nitrogen and oxygen atoms in total. The van der Waals surface area contributed by atoms with Gasteiger partial charge in [-0.3, -0.25) is 0 Å². The van der Waals surface area contributed by atoms with Crippen LogP contribution in [0.4, 0.5) is 10.2 Å². The largest absolute Gasteiger partial charge is 0.507 e. The molecule has 184 valence electrons. The summed E-state index contributed by atoms with van der Waals surface area (Å²) in [5, 5.41) is 22.6. The number of anilines is 1. The van der Waals surface area contributed by atoms with Gasteiger partial charge in [0.15, 0.2) is 11.6 Å². The number of halogens is 1. The zero-order chi connectivity index (χ0) is 24.5. The molecule has 3 aromatic rings. The molecule has 35 heavy (non-hydrogen) atoms. The number of nitrogens with one attached hydrogen (secondary N) is 1. The van der Waals surface area contributed by atoms with Crippen molar-refractivity contribution >= 4 is 5.82 Å². The van der Waals surface area contributed by atoms with Gasteiger partial charge in [-0.25, -0.2) is 19.3 Å². The third kappa shape index (κ3) is 4.43. The molecule has 0 aliphatic carbocycles. The Labute approximate surface area is 202 Å². The molecular formula is C24H28FN7O3. The molecule has 4 heterocycles. The average Bonchev–Trinajstić information content (AvgIpc) is 2.90. The first-order chi connectivity index (χ1) is 17.0. The van der Waals surface area contributed by atoms with Crippen LogP contribution in [0.1, 0.15) is 25.7 Å². The van der Waals surface area contributed by atoms with E-state index in [0.29, 0.717) is 28.7 Å². The van der Waals surface area contributed by atoms with Gasteiger partial charge in [-0.15, -0.1) is 10.2 Å². The van der Waals surface area contributed by atoms with Crippen LogP contribution in [0.5, 0.6) is 17.5 Å². The lowest BCUT2D eigenvalue weighted by Gasteiger charge is -2.45. The smallest absolute Gasteiger partial charge is 0.278 e. The highest BCUT2D eigenvalue weighted by molar-refractivity contribution is 5.71. The highest BCUT2D eigenvalue weighted by atomic mass is 19.1. The molecule has 0 spiro atoms. The topological polar surface area (TPSA) is 118 Å². The van der Waals surface area contributed by atoms with E-state index in [2.05, 4.69) is 30.5 Å². The van der Waals surface area contributed by atoms with E-state index in [0.717, 1.165) is 25.7 Å². The zero-order valence-corrected chi connectivity index (χ0v) is 19.8. The molecule has 0 radical (unpaired) electrons. The van der Waals surface area contributed by atoms with Crippen LogP contribution in [-0.4, -0.2) is 75.8 Å². The van der Waals surface area contributed by atoms with Crippen LogP contribution in [0.25, 0.3) is 22.6 Å². The summed E-state index contributed by atoms with van der Waals surface area (Å²) in [6.45, 7) is 0. The van der Waals surface area contributed by atoms with Gasteiger partial charge in [-0.2, -0.15) is 0 Å². The predicted octanol–water partition coefficient (Wildman–Crippen LogP) is 2.78. The number of phenols is 1. The minimum absolute atomic E-state index is 0.0306. The lowest BCUT2D eigenvalue weighted by Crippen LogP contribution is -2.61. The van der Waals surface area contributed by atoms with Gasteiger partial charge in [-0.1, -0.05) is 12.5 Å². The minimum Gasteiger partial charge on any atom is -0.507 e. The number of benzene rings is 1. The summed E-state index contributed by atoms with van der Waals surface area (Å²) in [6, 6.07) is 4.96. The number of aromatic nitrogens is 5. The lowest BCUT2D eigenvalue weighted by molar-refractivity contribution is 0.107. The van der Waals surface area contributed by atoms with E-state index in [-0.39, 0.29) is 35.4 Å². The Kier molecular flexibility index (Phi) is 6.33. The van der Waals surface area contributed by atoms with Gasteiger partial charge in [0.05, 0.1) is 43.9 Å². The SMILES string of the molecule is COc1ncc(-c2ccc(-c3ncc(N(C)[C@H]4C[C@@H]5CCC[C@H](N5)[C@H]4F)nn3)c(O)c2)nc1OC. The van der Waals surface area contributed by atoms with Crippen molar-refractivity contribution in [2.24, 2.45) is 0 Å². The molecule has 0 amide bonds. The Morgan fingerprint density at radius 3 is 2.63 bits per heavy atom. The van der Waals surface area contributed by atoms with E-state index in [1.54, 1.807) is 24.4 Å². The summed E-state index contributed by atoms with van der Waals surface area (Å²) >= 11 is 0. The number of aromatic hydroxyl groups is 1. The predicted molar refractivity (Wildman–Crippen MR) is 127 cm³/mol. The Morgan fingerprint density at radius 2 is 1.91 bits per heavy atom. The van der Waals surface area contributed by atoms with Crippen molar-refractivity contribution in [3.05, 3.63) is 30.6 Å². The number of alkyl halides is 1. The third-order valence-corrected chi connectivity index (χ3v) is 6.83. The Hall–Kier alpha value is -3.60. The first kappa shape index (κ1) is 23.2. The fraction of sp³-hybridized carbons (Fsp3) is 0.458. The number of fused-ring (bicyclic) bond motifs is 2. The standard InChI is InChI=1S/C24H28FN7O3/c1-32(18-10-14-5-4-6-16(28-14)21(18)25)20-12-26-22(31-30-20)15-8-7-13(9-19(15)33)17-11-27-23(34-2)24(29-17)35-3/h7-9,11-12,14,16,18,21,28,33H,4-6,10H2,1-3H3/t14-,16-,18-,21+/m0/s1. The van der Waals surface area contributed by atoms with Gasteiger partial charge in [0, 0.05) is 24.7 Å². The first-order valence-corrected chi connectivity index (χ1v) is 11.6. The number of hydrogen-bond donors (Lipinski definition) is 2. The maximum atomic E-state index is 15.1. The molecule has 2 bridgehead atoms. The number of nitrogens with zero attached hydrogens (tertiary/aromatic N) is 6. The van der Waals surface area contributed by atoms with Crippen molar-refractivity contribution in [2.45, 2.75) is 50.0 Å². The summed E-state index contributed by atoms with van der Waals surface area (Å²) < 4.78 is 25.4. The molecule has 2 N–H and O–H groups in total. The molecular weight excluding hydrogens is 453 g/mol. The Balaban J connectivity index is 1.35. The first-order valence-electron chi connectivity index (χ1n) is 11.6. The third-order valence-electron chi connectivity index (χ3n) is 6.83. The molecule has 2 aliphatic rings. The van der Waals surface area contributed by atoms with E-state index < -0.39 is 6.17 Å². The fourth-order valence-corrected chi connectivity index (χ4v) is 4.93. The van der Waals surface area contributed by atoms with Crippen LogP contribution in [0.3, 0.4) is 0 Å². The molecule has 11 heteroatoms. The van der Waals surface area contributed by atoms with Crippen LogP contribution in [0, 0.1) is 0 Å². The van der Waals surface area contributed by atoms with Crippen molar-refractivity contribution in [3.8, 4) is 40.2 Å². The van der Waals surface area contributed by atoms with Crippen molar-refractivity contribution in [2.75, 3.05) is 26.2 Å². The lowest BCUT2D eigenvalue weighted by atomic mass is 9.82. The van der Waals surface area contributed by atoms with E-state index >= 15 is 4.39 Å². The monoisotopic (exact) mass is 481 g/mol. The van der Waals surface area contributed by atoms with E-state index in [1.807, 2.05) is 11.9 Å². The van der Waals surface area contributed by atoms with Crippen LogP contribution in [0.15, 0.2) is 30.6 Å². The number of piperidine rings is 2. The number of methoxy groups -OCH3 is 2. The maximum absolute atomic E-state index is 15.1. The Morgan fingerprint density at radius 1 is 1.09 bits per heavy atom. The van der Waals surface area contributed by atoms with Crippen molar-refractivity contribution < 1.29 is 19.0 Å². The van der Waals surface area contributed by atoms with Gasteiger partial charge in [0.2, 0.25) is 0 Å². The second-order valence-electron chi connectivity index (χ2n) is 8.91. The van der Waals surface area contributed by atoms with E-state index in [4.69, 9.17) is 9.47 Å². The molecule has 0 saturated carbocycles. The van der Waals surface area contributed by atoms with Gasteiger partial charge in [0.1, 0.15) is 11.9 Å². The van der Waals surface area contributed by atoms with Crippen LogP contribution in [-0.2, 0) is 0 Å². The summed E-state index contributed by atoms with van der Waals surface area (Å²) in [4.78, 5) is 14.8. The van der Waals surface area contributed by atoms with Crippen LogP contribution < -0.4 is 19.7 Å². The van der Waals surface area contributed by atoms with Gasteiger partial charge >= 0.3 is 0 Å². The van der Waals surface area contributed by atoms with Crippen molar-refractivity contribution in [1.29, 1.82) is 0 Å². The van der Waals surface area contributed by atoms with Gasteiger partial charge < -0.3 is 24.8 Å². The van der Waals surface area contributed by atoms with Gasteiger partial charge in [-0.05, 0) is 31.4 Å². The average molecular weight is 482 g/mol.